The second-order valence-corrected chi connectivity index (χ2v) is 13.3. The molecule has 3 aromatic rings. The van der Waals surface area contributed by atoms with Crippen LogP contribution in [-0.2, 0) is 35.3 Å². The number of amides is 1. The second-order valence-electron chi connectivity index (χ2n) is 11.6. The number of piperidine rings is 1. The van der Waals surface area contributed by atoms with Gasteiger partial charge in [-0.25, -0.2) is 22.6 Å². The first-order chi connectivity index (χ1) is 21.9. The first-order valence-corrected chi connectivity index (χ1v) is 15.7. The average Bonchev–Trinajstić information content (AvgIpc) is 3.45. The normalized spacial score (nSPS) is 16.0. The van der Waals surface area contributed by atoms with Crippen molar-refractivity contribution in [1.29, 1.82) is 0 Å². The lowest BCUT2D eigenvalue weighted by molar-refractivity contribution is -0.714. The number of hydrogen-bond acceptors (Lipinski definition) is 10. The van der Waals surface area contributed by atoms with Gasteiger partial charge in [0.05, 0.1) is 40.3 Å². The molecule has 18 heteroatoms. The SMILES string of the molecule is Cc1ccc(-c2cc(C(F)(F)F)nn2-c2ccc(S(=O)(=O)NC(=O)C3CCCN([N+]([O-])=NOCOC(=O)OC(C)(C)C)C3)cc2)cc1. The maximum Gasteiger partial charge on any atom is 0.511 e. The number of halogens is 3. The average molecular weight is 683 g/mol. The lowest BCUT2D eigenvalue weighted by Crippen LogP contribution is -2.46. The highest BCUT2D eigenvalue weighted by Crippen LogP contribution is 2.33. The van der Waals surface area contributed by atoms with Gasteiger partial charge in [0.25, 0.3) is 16.8 Å². The topological polar surface area (TPSA) is 167 Å². The maximum atomic E-state index is 13.5. The number of hydrogen-bond donors (Lipinski definition) is 1. The van der Waals surface area contributed by atoms with Crippen molar-refractivity contribution in [2.75, 3.05) is 19.9 Å². The Balaban J connectivity index is 1.41. The van der Waals surface area contributed by atoms with E-state index in [4.69, 9.17) is 4.74 Å². The molecular formula is C29H33F3N6O8S. The molecular weight excluding hydrogens is 649 g/mol. The van der Waals surface area contributed by atoms with E-state index in [1.54, 1.807) is 45.0 Å². The van der Waals surface area contributed by atoms with Gasteiger partial charge >= 0.3 is 12.3 Å². The molecule has 0 radical (unpaired) electrons. The third-order valence-corrected chi connectivity index (χ3v) is 8.10. The highest BCUT2D eigenvalue weighted by atomic mass is 32.2. The lowest BCUT2D eigenvalue weighted by Gasteiger charge is -2.27. The summed E-state index contributed by atoms with van der Waals surface area (Å²) in [7, 11) is -4.40. The summed E-state index contributed by atoms with van der Waals surface area (Å²) in [4.78, 5) is 28.9. The van der Waals surface area contributed by atoms with Crippen molar-refractivity contribution in [3.8, 4) is 16.9 Å². The van der Waals surface area contributed by atoms with E-state index in [1.165, 1.54) is 12.1 Å². The zero-order chi connectivity index (χ0) is 34.6. The summed E-state index contributed by atoms with van der Waals surface area (Å²) < 4.78 is 79.3. The summed E-state index contributed by atoms with van der Waals surface area (Å²) >= 11 is 0. The van der Waals surface area contributed by atoms with Crippen molar-refractivity contribution >= 4 is 22.1 Å². The molecule has 2 heterocycles. The predicted octanol–water partition coefficient (Wildman–Crippen LogP) is 5.10. The van der Waals surface area contributed by atoms with Crippen LogP contribution in [-0.4, -0.2) is 65.7 Å². The Bertz CT molecular complexity index is 1720. The zero-order valence-electron chi connectivity index (χ0n) is 25.9. The number of alkyl halides is 3. The van der Waals surface area contributed by atoms with Gasteiger partial charge in [-0.05, 0) is 70.9 Å². The Labute approximate surface area is 268 Å². The molecule has 47 heavy (non-hydrogen) atoms. The van der Waals surface area contributed by atoms with Gasteiger partial charge in [-0.15, -0.1) is 5.01 Å². The van der Waals surface area contributed by atoms with Crippen LogP contribution in [0.4, 0.5) is 18.0 Å². The smallest absolute Gasteiger partial charge is 0.511 e. The van der Waals surface area contributed by atoms with E-state index in [9.17, 15) is 36.4 Å². The third-order valence-electron chi connectivity index (χ3n) is 6.73. The van der Waals surface area contributed by atoms with Crippen LogP contribution in [0.3, 0.4) is 0 Å². The number of hydrazine groups is 1. The third kappa shape index (κ3) is 9.34. The summed E-state index contributed by atoms with van der Waals surface area (Å²) in [6, 6.07) is 12.5. The number of aromatic nitrogens is 2. The highest BCUT2D eigenvalue weighted by molar-refractivity contribution is 7.90. The van der Waals surface area contributed by atoms with Crippen LogP contribution in [0.1, 0.15) is 44.9 Å². The van der Waals surface area contributed by atoms with Gasteiger partial charge in [-0.2, -0.15) is 18.3 Å². The summed E-state index contributed by atoms with van der Waals surface area (Å²) in [5.41, 5.74) is -0.247. The van der Waals surface area contributed by atoms with E-state index in [1.807, 2.05) is 11.6 Å². The van der Waals surface area contributed by atoms with E-state index in [2.05, 4.69) is 20.0 Å². The Morgan fingerprint density at radius 2 is 1.77 bits per heavy atom. The minimum atomic E-state index is -4.71. The van der Waals surface area contributed by atoms with Crippen LogP contribution in [0.15, 0.2) is 64.8 Å². The molecule has 1 aliphatic heterocycles. The molecule has 0 bridgehead atoms. The number of nitrogens with zero attached hydrogens (tertiary/aromatic N) is 5. The molecule has 0 aliphatic carbocycles. The highest BCUT2D eigenvalue weighted by Gasteiger charge is 2.36. The lowest BCUT2D eigenvalue weighted by atomic mass is 9.99. The van der Waals surface area contributed by atoms with Gasteiger partial charge in [0, 0.05) is 5.56 Å². The largest absolute Gasteiger partial charge is 0.569 e. The van der Waals surface area contributed by atoms with Gasteiger partial charge in [0.15, 0.2) is 5.69 Å². The zero-order valence-corrected chi connectivity index (χ0v) is 26.7. The number of carbonyl (C=O) groups is 2. The second kappa shape index (κ2) is 13.9. The molecule has 1 fully saturated rings. The van der Waals surface area contributed by atoms with Crippen molar-refractivity contribution in [3.05, 3.63) is 71.1 Å². The van der Waals surface area contributed by atoms with Crippen LogP contribution in [0.25, 0.3) is 16.9 Å². The van der Waals surface area contributed by atoms with Crippen LogP contribution < -0.4 is 4.72 Å². The molecule has 1 aromatic heterocycles. The molecule has 1 unspecified atom stereocenters. The number of nitrogens with one attached hydrogen (secondary N) is 1. The quantitative estimate of drug-likeness (QED) is 0.0801. The molecule has 0 saturated carbocycles. The van der Waals surface area contributed by atoms with Crippen LogP contribution in [0.5, 0.6) is 0 Å². The molecule has 4 rings (SSSR count). The molecule has 1 amide bonds. The minimum Gasteiger partial charge on any atom is -0.569 e. The molecule has 1 atom stereocenters. The first-order valence-electron chi connectivity index (χ1n) is 14.3. The summed E-state index contributed by atoms with van der Waals surface area (Å²) in [5, 5.41) is 20.4. The van der Waals surface area contributed by atoms with E-state index in [-0.39, 0.29) is 40.8 Å². The number of ether oxygens (including phenoxy) is 2. The van der Waals surface area contributed by atoms with Gasteiger partial charge < -0.3 is 19.5 Å². The molecule has 2 aromatic carbocycles. The monoisotopic (exact) mass is 682 g/mol. The van der Waals surface area contributed by atoms with Crippen molar-refractivity contribution in [1.82, 2.24) is 19.5 Å². The molecule has 1 N–H and O–H groups in total. The molecule has 1 aliphatic rings. The van der Waals surface area contributed by atoms with Gasteiger partial charge in [0.1, 0.15) is 5.60 Å². The Morgan fingerprint density at radius 3 is 2.38 bits per heavy atom. The predicted molar refractivity (Wildman–Crippen MR) is 158 cm³/mol. The molecule has 0 spiro atoms. The molecule has 14 nitrogen and oxygen atoms in total. The fraction of sp³-hybridized carbons (Fsp3) is 0.414. The van der Waals surface area contributed by atoms with E-state index in [0.717, 1.165) is 33.5 Å². The Morgan fingerprint density at radius 1 is 1.11 bits per heavy atom. The van der Waals surface area contributed by atoms with Gasteiger partial charge in [0.2, 0.25) is 11.2 Å². The summed E-state index contributed by atoms with van der Waals surface area (Å²) in [5.74, 6) is -1.78. The first kappa shape index (κ1) is 35.0. The van der Waals surface area contributed by atoms with E-state index >= 15 is 0 Å². The van der Waals surface area contributed by atoms with E-state index in [0.29, 0.717) is 12.0 Å². The minimum absolute atomic E-state index is 0.0649. The van der Waals surface area contributed by atoms with Crippen molar-refractivity contribution < 1.29 is 50.5 Å². The number of sulfonamides is 1. The van der Waals surface area contributed by atoms with Crippen molar-refractivity contribution in [2.45, 2.75) is 57.2 Å². The van der Waals surface area contributed by atoms with Crippen LogP contribution in [0.2, 0.25) is 0 Å². The number of aryl methyl sites for hydroxylation is 1. The van der Waals surface area contributed by atoms with Crippen molar-refractivity contribution in [3.63, 3.8) is 0 Å². The van der Waals surface area contributed by atoms with E-state index < -0.39 is 52.3 Å². The standard InChI is InChI=1S/C29H33F3N6O8S/c1-19-7-9-20(10-8-19)24-16-25(29(30,31)32)33-37(24)22-11-13-23(14-12-22)47(42,43)34-26(39)21-6-5-15-36(17-21)38(41)35-45-18-44-27(40)46-28(2,3)4/h7-14,16,21H,5-6,15,17-18H2,1-4H3,(H,34,39). The van der Waals surface area contributed by atoms with Crippen LogP contribution >= 0.6 is 0 Å². The number of rotatable bonds is 9. The van der Waals surface area contributed by atoms with Crippen molar-refractivity contribution in [2.24, 2.45) is 11.2 Å². The Kier molecular flexibility index (Phi) is 10.3. The van der Waals surface area contributed by atoms with Gasteiger partial charge in [-0.3, -0.25) is 4.79 Å². The Hall–Kier alpha value is -4.87. The molecule has 1 saturated heterocycles. The number of benzene rings is 2. The summed E-state index contributed by atoms with van der Waals surface area (Å²) in [6.45, 7) is 6.02. The fourth-order valence-electron chi connectivity index (χ4n) is 4.49. The fourth-order valence-corrected chi connectivity index (χ4v) is 5.54. The summed E-state index contributed by atoms with van der Waals surface area (Å²) in [6.07, 6.45) is -5.12. The molecule has 254 valence electrons. The maximum absolute atomic E-state index is 13.5. The van der Waals surface area contributed by atoms with Crippen LogP contribution in [0, 0.1) is 18.0 Å². The number of carbonyl (C=O) groups excluding carboxylic acids is 2. The van der Waals surface area contributed by atoms with Gasteiger partial charge in [-0.1, -0.05) is 29.8 Å².